The topological polar surface area (TPSA) is 68.4 Å². The first-order valence-electron chi connectivity index (χ1n) is 9.54. The van der Waals surface area contributed by atoms with Crippen LogP contribution in [0.15, 0.2) is 34.1 Å². The third-order valence-corrected chi connectivity index (χ3v) is 5.74. The molecular formula is C20H26FN4O2S+. The highest BCUT2D eigenvalue weighted by molar-refractivity contribution is 8.00. The molecule has 2 N–H and O–H groups in total. The highest BCUT2D eigenvalue weighted by Gasteiger charge is 2.22. The third-order valence-electron chi connectivity index (χ3n) is 4.73. The van der Waals surface area contributed by atoms with E-state index in [9.17, 15) is 14.0 Å². The Kier molecular flexibility index (Phi) is 6.85. The van der Waals surface area contributed by atoms with Crippen LogP contribution in [-0.2, 0) is 24.2 Å². The number of rotatable bonds is 8. The Morgan fingerprint density at radius 3 is 2.75 bits per heavy atom. The molecule has 0 aliphatic heterocycles. The molecule has 6 nitrogen and oxygen atoms in total. The molecular weight excluding hydrogens is 379 g/mol. The number of nitrogens with one attached hydrogen (secondary N) is 2. The highest BCUT2D eigenvalue weighted by Crippen LogP contribution is 2.29. The smallest absolute Gasteiger partial charge is 0.340 e. The lowest BCUT2D eigenvalue weighted by atomic mass is 10.2. The first-order chi connectivity index (χ1) is 13.4. The summed E-state index contributed by atoms with van der Waals surface area (Å²) >= 11 is 1.29. The second-order valence-electron chi connectivity index (χ2n) is 7.28. The summed E-state index contributed by atoms with van der Waals surface area (Å²) in [5, 5.41) is 3.40. The van der Waals surface area contributed by atoms with Gasteiger partial charge in [-0.2, -0.15) is 4.98 Å². The van der Waals surface area contributed by atoms with Crippen LogP contribution in [0.2, 0.25) is 0 Å². The number of amides is 1. The van der Waals surface area contributed by atoms with Gasteiger partial charge in [0, 0.05) is 29.9 Å². The fourth-order valence-electron chi connectivity index (χ4n) is 3.39. The summed E-state index contributed by atoms with van der Waals surface area (Å²) in [5.74, 6) is -0.396. The van der Waals surface area contributed by atoms with Crippen molar-refractivity contribution >= 4 is 23.4 Å². The molecule has 0 bridgehead atoms. The van der Waals surface area contributed by atoms with Crippen LogP contribution in [0.1, 0.15) is 24.1 Å². The van der Waals surface area contributed by atoms with Crippen molar-refractivity contribution in [3.63, 3.8) is 0 Å². The van der Waals surface area contributed by atoms with Crippen LogP contribution >= 0.6 is 11.8 Å². The number of thioether (sulfide) groups is 1. The fourth-order valence-corrected chi connectivity index (χ4v) is 4.27. The molecule has 1 amide bonds. The lowest BCUT2D eigenvalue weighted by Crippen LogP contribution is -3.05. The van der Waals surface area contributed by atoms with Crippen LogP contribution in [-0.4, -0.2) is 41.9 Å². The molecule has 1 heterocycles. The van der Waals surface area contributed by atoms with Gasteiger partial charge < -0.3 is 10.2 Å². The van der Waals surface area contributed by atoms with Gasteiger partial charge in [0.25, 0.3) is 0 Å². The van der Waals surface area contributed by atoms with Crippen molar-refractivity contribution in [3.05, 3.63) is 51.8 Å². The number of carbonyl (C=O) groups is 1. The minimum atomic E-state index is -0.348. The number of nitrogens with zero attached hydrogens (tertiary/aromatic N) is 2. The zero-order chi connectivity index (χ0) is 20.1. The molecule has 0 radical (unpaired) electrons. The Balaban J connectivity index is 1.66. The maximum Gasteiger partial charge on any atom is 0.348 e. The van der Waals surface area contributed by atoms with E-state index in [1.807, 2.05) is 4.57 Å². The molecule has 1 aliphatic rings. The maximum absolute atomic E-state index is 13.0. The molecule has 0 spiro atoms. The van der Waals surface area contributed by atoms with Crippen LogP contribution in [0, 0.1) is 5.82 Å². The van der Waals surface area contributed by atoms with Gasteiger partial charge in [-0.05, 0) is 43.5 Å². The average Bonchev–Trinajstić information content (AvgIpc) is 3.13. The average molecular weight is 406 g/mol. The second-order valence-corrected chi connectivity index (χ2v) is 8.25. The Morgan fingerprint density at radius 2 is 2.04 bits per heavy atom. The summed E-state index contributed by atoms with van der Waals surface area (Å²) in [7, 11) is 4.20. The van der Waals surface area contributed by atoms with E-state index in [4.69, 9.17) is 0 Å². The molecule has 1 aliphatic carbocycles. The quantitative estimate of drug-likeness (QED) is 0.511. The Bertz CT molecular complexity index is 896. The van der Waals surface area contributed by atoms with Crippen molar-refractivity contribution < 1.29 is 14.1 Å². The van der Waals surface area contributed by atoms with E-state index in [1.54, 1.807) is 0 Å². The van der Waals surface area contributed by atoms with Gasteiger partial charge in [0.05, 0.1) is 26.4 Å². The SMILES string of the molecule is C[NH+](C)CCCn1c2c(c(SCC(=O)Nc3ccc(F)cc3)nc1=O)CCC2. The van der Waals surface area contributed by atoms with Gasteiger partial charge in [0.15, 0.2) is 0 Å². The first-order valence-corrected chi connectivity index (χ1v) is 10.5. The van der Waals surface area contributed by atoms with E-state index in [1.165, 1.54) is 40.9 Å². The maximum atomic E-state index is 13.0. The number of carbonyl (C=O) groups excluding carboxylic acids is 1. The summed E-state index contributed by atoms with van der Waals surface area (Å²) in [4.78, 5) is 30.4. The van der Waals surface area contributed by atoms with Crippen LogP contribution in [0.5, 0.6) is 0 Å². The van der Waals surface area contributed by atoms with E-state index in [-0.39, 0.29) is 23.2 Å². The Labute approximate surface area is 168 Å². The lowest BCUT2D eigenvalue weighted by Gasteiger charge is -2.14. The molecule has 150 valence electrons. The normalized spacial score (nSPS) is 13.0. The molecule has 0 atom stereocenters. The molecule has 0 saturated heterocycles. The number of aromatic nitrogens is 2. The number of hydrogen-bond acceptors (Lipinski definition) is 4. The second kappa shape index (κ2) is 9.34. The van der Waals surface area contributed by atoms with Crippen molar-refractivity contribution in [2.75, 3.05) is 31.7 Å². The van der Waals surface area contributed by atoms with E-state index in [2.05, 4.69) is 24.4 Å². The van der Waals surface area contributed by atoms with Gasteiger partial charge in [-0.1, -0.05) is 11.8 Å². The number of anilines is 1. The first kappa shape index (κ1) is 20.5. The highest BCUT2D eigenvalue weighted by atomic mass is 32.2. The van der Waals surface area contributed by atoms with E-state index >= 15 is 0 Å². The molecule has 0 fully saturated rings. The van der Waals surface area contributed by atoms with Crippen molar-refractivity contribution in [1.82, 2.24) is 9.55 Å². The van der Waals surface area contributed by atoms with Gasteiger partial charge in [-0.25, -0.2) is 9.18 Å². The van der Waals surface area contributed by atoms with E-state index < -0.39 is 0 Å². The van der Waals surface area contributed by atoms with Crippen LogP contribution in [0.25, 0.3) is 0 Å². The van der Waals surface area contributed by atoms with Crippen molar-refractivity contribution in [1.29, 1.82) is 0 Å². The summed E-state index contributed by atoms with van der Waals surface area (Å²) in [6.45, 7) is 1.69. The van der Waals surface area contributed by atoms with Gasteiger partial charge in [-0.3, -0.25) is 9.36 Å². The summed E-state index contributed by atoms with van der Waals surface area (Å²) in [6.07, 6.45) is 3.72. The van der Waals surface area contributed by atoms with Gasteiger partial charge in [0.1, 0.15) is 10.8 Å². The molecule has 0 saturated carbocycles. The standard InChI is InChI=1S/C20H25FN4O2S/c1-24(2)11-4-12-25-17-6-3-5-16(17)19(23-20(25)27)28-13-18(26)22-15-9-7-14(21)8-10-15/h7-10H,3-6,11-13H2,1-2H3,(H,22,26)/p+1. The molecule has 28 heavy (non-hydrogen) atoms. The summed E-state index contributed by atoms with van der Waals surface area (Å²) < 4.78 is 14.8. The molecule has 1 aromatic heterocycles. The third kappa shape index (κ3) is 5.20. The predicted molar refractivity (Wildman–Crippen MR) is 109 cm³/mol. The number of fused-ring (bicyclic) bond motifs is 1. The molecule has 1 aromatic carbocycles. The van der Waals surface area contributed by atoms with Gasteiger partial charge >= 0.3 is 5.69 Å². The van der Waals surface area contributed by atoms with Crippen molar-refractivity contribution in [2.24, 2.45) is 0 Å². The van der Waals surface area contributed by atoms with Gasteiger partial charge in [-0.15, -0.1) is 0 Å². The summed E-state index contributed by atoms with van der Waals surface area (Å²) in [6, 6.07) is 5.64. The predicted octanol–water partition coefficient (Wildman–Crippen LogP) is 1.14. The zero-order valence-corrected chi connectivity index (χ0v) is 17.1. The minimum absolute atomic E-state index is 0.157. The lowest BCUT2D eigenvalue weighted by molar-refractivity contribution is -0.858. The summed E-state index contributed by atoms with van der Waals surface area (Å²) in [5.41, 5.74) is 2.51. The fraction of sp³-hybridized carbons (Fsp3) is 0.450. The Hall–Kier alpha value is -2.19. The number of benzene rings is 1. The number of halogens is 1. The molecule has 0 unspecified atom stereocenters. The van der Waals surface area contributed by atoms with Crippen LogP contribution in [0.3, 0.4) is 0 Å². The minimum Gasteiger partial charge on any atom is -0.340 e. The van der Waals surface area contributed by atoms with Crippen molar-refractivity contribution in [2.45, 2.75) is 37.3 Å². The Morgan fingerprint density at radius 1 is 1.29 bits per heavy atom. The van der Waals surface area contributed by atoms with Crippen LogP contribution < -0.4 is 15.9 Å². The number of quaternary nitrogens is 1. The molecule has 3 rings (SSSR count). The van der Waals surface area contributed by atoms with Crippen LogP contribution in [0.4, 0.5) is 10.1 Å². The number of hydrogen-bond donors (Lipinski definition) is 2. The monoisotopic (exact) mass is 405 g/mol. The largest absolute Gasteiger partial charge is 0.348 e. The van der Waals surface area contributed by atoms with Gasteiger partial charge in [0.2, 0.25) is 5.91 Å². The van der Waals surface area contributed by atoms with E-state index in [0.29, 0.717) is 17.3 Å². The van der Waals surface area contributed by atoms with E-state index in [0.717, 1.165) is 43.5 Å². The van der Waals surface area contributed by atoms with Crippen molar-refractivity contribution in [3.8, 4) is 0 Å². The molecule has 8 heteroatoms. The molecule has 2 aromatic rings. The zero-order valence-electron chi connectivity index (χ0n) is 16.3.